The highest BCUT2D eigenvalue weighted by molar-refractivity contribution is 5.85. The van der Waals surface area contributed by atoms with Gasteiger partial charge in [0.25, 0.3) is 0 Å². The van der Waals surface area contributed by atoms with Gasteiger partial charge in [-0.3, -0.25) is 0 Å². The van der Waals surface area contributed by atoms with Crippen LogP contribution >= 0.6 is 12.4 Å². The van der Waals surface area contributed by atoms with E-state index in [2.05, 4.69) is 26.8 Å². The molecule has 0 unspecified atom stereocenters. The van der Waals surface area contributed by atoms with Crippen molar-refractivity contribution in [2.45, 2.75) is 26.8 Å². The lowest BCUT2D eigenvalue weighted by atomic mass is 9.83. The van der Waals surface area contributed by atoms with Crippen molar-refractivity contribution in [3.05, 3.63) is 35.4 Å². The molecule has 15 heavy (non-hydrogen) atoms. The highest BCUT2D eigenvalue weighted by Crippen LogP contribution is 2.30. The van der Waals surface area contributed by atoms with Gasteiger partial charge in [0, 0.05) is 6.04 Å². The molecular weight excluding hydrogens is 208 g/mol. The predicted molar refractivity (Wildman–Crippen MR) is 64.8 cm³/mol. The average Bonchev–Trinajstić information content (AvgIpc) is 2.15. The Morgan fingerprint density at radius 3 is 2.40 bits per heavy atom. The summed E-state index contributed by atoms with van der Waals surface area (Å²) in [6.45, 7) is 6.28. The highest BCUT2D eigenvalue weighted by Gasteiger charge is 2.22. The zero-order chi connectivity index (χ0) is 10.8. The lowest BCUT2D eigenvalue weighted by Crippen LogP contribution is -2.26. The summed E-state index contributed by atoms with van der Waals surface area (Å²) >= 11 is 0. The van der Waals surface area contributed by atoms with Crippen LogP contribution < -0.4 is 5.73 Å². The fourth-order valence-electron chi connectivity index (χ4n) is 1.30. The minimum absolute atomic E-state index is 0. The van der Waals surface area contributed by atoms with Crippen molar-refractivity contribution in [3.63, 3.8) is 0 Å². The van der Waals surface area contributed by atoms with Crippen LogP contribution in [-0.4, -0.2) is 0 Å². The van der Waals surface area contributed by atoms with Crippen LogP contribution in [-0.2, 0) is 0 Å². The van der Waals surface area contributed by atoms with E-state index >= 15 is 0 Å². The molecule has 0 saturated carbocycles. The van der Waals surface area contributed by atoms with Gasteiger partial charge in [-0.1, -0.05) is 32.9 Å². The monoisotopic (exact) mass is 224 g/mol. The van der Waals surface area contributed by atoms with Crippen LogP contribution in [0.4, 0.5) is 0 Å². The van der Waals surface area contributed by atoms with Gasteiger partial charge in [0.2, 0.25) is 0 Å². The summed E-state index contributed by atoms with van der Waals surface area (Å²) in [7, 11) is 0. The molecule has 0 fully saturated rings. The largest absolute Gasteiger partial charge is 0.324 e. The van der Waals surface area contributed by atoms with E-state index in [1.54, 1.807) is 6.07 Å². The number of rotatable bonds is 1. The Kier molecular flexibility index (Phi) is 4.80. The number of hydrogen-bond acceptors (Lipinski definition) is 2. The van der Waals surface area contributed by atoms with E-state index in [-0.39, 0.29) is 23.9 Å². The van der Waals surface area contributed by atoms with Gasteiger partial charge in [-0.2, -0.15) is 5.26 Å². The third-order valence-electron chi connectivity index (χ3n) is 2.31. The van der Waals surface area contributed by atoms with Crippen molar-refractivity contribution < 1.29 is 0 Å². The zero-order valence-electron chi connectivity index (χ0n) is 9.32. The lowest BCUT2D eigenvalue weighted by Gasteiger charge is -2.27. The molecule has 0 spiro atoms. The van der Waals surface area contributed by atoms with Gasteiger partial charge in [-0.05, 0) is 23.1 Å². The molecule has 0 amide bonds. The number of nitrogens with zero attached hydrogens (tertiary/aromatic N) is 1. The van der Waals surface area contributed by atoms with Crippen molar-refractivity contribution >= 4 is 12.4 Å². The van der Waals surface area contributed by atoms with Gasteiger partial charge >= 0.3 is 0 Å². The topological polar surface area (TPSA) is 49.8 Å². The molecule has 2 nitrogen and oxygen atoms in total. The predicted octanol–water partition coefficient (Wildman–Crippen LogP) is 3.03. The van der Waals surface area contributed by atoms with E-state index in [0.29, 0.717) is 5.56 Å². The third-order valence-corrected chi connectivity index (χ3v) is 2.31. The van der Waals surface area contributed by atoms with Crippen molar-refractivity contribution in [2.24, 2.45) is 11.1 Å². The molecule has 3 heteroatoms. The molecule has 0 aromatic heterocycles. The van der Waals surface area contributed by atoms with Gasteiger partial charge < -0.3 is 5.73 Å². The van der Waals surface area contributed by atoms with Crippen LogP contribution in [0.1, 0.15) is 37.9 Å². The summed E-state index contributed by atoms with van der Waals surface area (Å²) in [5.74, 6) is 0. The van der Waals surface area contributed by atoms with Gasteiger partial charge in [0.15, 0.2) is 0 Å². The fraction of sp³-hybridized carbons (Fsp3) is 0.417. The van der Waals surface area contributed by atoms with E-state index < -0.39 is 0 Å². The molecule has 82 valence electrons. The molecule has 0 radical (unpaired) electrons. The number of nitrogens with two attached hydrogens (primary N) is 1. The number of benzene rings is 1. The molecule has 2 N–H and O–H groups in total. The van der Waals surface area contributed by atoms with Gasteiger partial charge in [-0.15, -0.1) is 12.4 Å². The summed E-state index contributed by atoms with van der Waals surface area (Å²) in [6, 6.07) is 9.58. The minimum atomic E-state index is -0.0317. The first kappa shape index (κ1) is 14.0. The molecular formula is C12H17ClN2. The SMILES string of the molecule is CC(C)(C)[C@H](N)c1cccc(C#N)c1.Cl. The summed E-state index contributed by atoms with van der Waals surface area (Å²) in [4.78, 5) is 0. The molecule has 0 heterocycles. The van der Waals surface area contributed by atoms with Crippen LogP contribution in [0.25, 0.3) is 0 Å². The highest BCUT2D eigenvalue weighted by atomic mass is 35.5. The Bertz CT molecular complexity index is 361. The molecule has 0 saturated heterocycles. The Morgan fingerprint density at radius 2 is 1.93 bits per heavy atom. The average molecular weight is 225 g/mol. The van der Waals surface area contributed by atoms with Crippen molar-refractivity contribution in [2.75, 3.05) is 0 Å². The Labute approximate surface area is 97.5 Å². The second-order valence-electron chi connectivity index (χ2n) is 4.58. The first-order chi connectivity index (χ1) is 6.45. The molecule has 1 aromatic rings. The molecule has 0 aliphatic rings. The van der Waals surface area contributed by atoms with Gasteiger partial charge in [0.1, 0.15) is 0 Å². The smallest absolute Gasteiger partial charge is 0.0991 e. The van der Waals surface area contributed by atoms with E-state index in [4.69, 9.17) is 11.0 Å². The second-order valence-corrected chi connectivity index (χ2v) is 4.58. The van der Waals surface area contributed by atoms with Crippen molar-refractivity contribution in [1.82, 2.24) is 0 Å². The third kappa shape index (κ3) is 3.54. The first-order valence-corrected chi connectivity index (χ1v) is 4.71. The normalized spacial score (nSPS) is 12.5. The summed E-state index contributed by atoms with van der Waals surface area (Å²) < 4.78 is 0. The molecule has 0 aliphatic carbocycles. The standard InChI is InChI=1S/C12H16N2.ClH/c1-12(2,3)11(14)10-6-4-5-9(7-10)8-13;/h4-7,11H,14H2,1-3H3;1H/t11-;/m1./s1. The van der Waals surface area contributed by atoms with Gasteiger partial charge in [-0.25, -0.2) is 0 Å². The van der Waals surface area contributed by atoms with Crippen molar-refractivity contribution in [3.8, 4) is 6.07 Å². The van der Waals surface area contributed by atoms with Crippen LogP contribution in [0.5, 0.6) is 0 Å². The lowest BCUT2D eigenvalue weighted by molar-refractivity contribution is 0.327. The number of nitriles is 1. The van der Waals surface area contributed by atoms with Crippen molar-refractivity contribution in [1.29, 1.82) is 5.26 Å². The van der Waals surface area contributed by atoms with E-state index in [1.165, 1.54) is 0 Å². The Hall–Kier alpha value is -1.04. The summed E-state index contributed by atoms with van der Waals surface area (Å²) in [5.41, 5.74) is 7.80. The summed E-state index contributed by atoms with van der Waals surface area (Å²) in [5, 5.41) is 8.76. The second kappa shape index (κ2) is 5.16. The minimum Gasteiger partial charge on any atom is -0.324 e. The van der Waals surface area contributed by atoms with Crippen LogP contribution in [0.3, 0.4) is 0 Å². The molecule has 0 bridgehead atoms. The van der Waals surface area contributed by atoms with Crippen LogP contribution in [0.15, 0.2) is 24.3 Å². The maximum absolute atomic E-state index is 8.76. The molecule has 0 aliphatic heterocycles. The summed E-state index contributed by atoms with van der Waals surface area (Å²) in [6.07, 6.45) is 0. The van der Waals surface area contributed by atoms with Crippen LogP contribution in [0.2, 0.25) is 0 Å². The quantitative estimate of drug-likeness (QED) is 0.797. The van der Waals surface area contributed by atoms with E-state index in [0.717, 1.165) is 5.56 Å². The number of hydrogen-bond donors (Lipinski definition) is 1. The zero-order valence-corrected chi connectivity index (χ0v) is 10.1. The Balaban J connectivity index is 0.00000196. The van der Waals surface area contributed by atoms with Crippen LogP contribution in [0, 0.1) is 16.7 Å². The maximum Gasteiger partial charge on any atom is 0.0991 e. The maximum atomic E-state index is 8.76. The van der Waals surface area contributed by atoms with E-state index in [1.807, 2.05) is 18.2 Å². The number of halogens is 1. The van der Waals surface area contributed by atoms with E-state index in [9.17, 15) is 0 Å². The fourth-order valence-corrected chi connectivity index (χ4v) is 1.30. The molecule has 1 rings (SSSR count). The molecule has 1 aromatic carbocycles. The van der Waals surface area contributed by atoms with Gasteiger partial charge in [0.05, 0.1) is 11.6 Å². The molecule has 1 atom stereocenters. The Morgan fingerprint density at radius 1 is 1.33 bits per heavy atom. The first-order valence-electron chi connectivity index (χ1n) is 4.71.